The molecule has 1 aliphatic rings. The van der Waals surface area contributed by atoms with E-state index in [4.69, 9.17) is 25.8 Å². The number of esters is 1. The molecule has 1 aliphatic heterocycles. The van der Waals surface area contributed by atoms with E-state index in [0.29, 0.717) is 32.6 Å². The van der Waals surface area contributed by atoms with E-state index in [1.54, 1.807) is 61.5 Å². The van der Waals surface area contributed by atoms with Crippen molar-refractivity contribution >= 4 is 46.4 Å². The summed E-state index contributed by atoms with van der Waals surface area (Å²) in [5.41, 5.74) is 0.745. The van der Waals surface area contributed by atoms with Gasteiger partial charge in [0.15, 0.2) is 11.5 Å². The summed E-state index contributed by atoms with van der Waals surface area (Å²) in [5, 5.41) is 11.2. The Morgan fingerprint density at radius 1 is 1.24 bits per heavy atom. The van der Waals surface area contributed by atoms with E-state index < -0.39 is 11.9 Å². The van der Waals surface area contributed by atoms with Crippen LogP contribution < -0.4 is 9.47 Å². The van der Waals surface area contributed by atoms with Crippen LogP contribution in [0.4, 0.5) is 0 Å². The van der Waals surface area contributed by atoms with Gasteiger partial charge in [-0.15, -0.1) is 0 Å². The third-order valence-corrected chi connectivity index (χ3v) is 5.79. The van der Waals surface area contributed by atoms with Crippen LogP contribution in [0.5, 0.6) is 11.5 Å². The molecule has 7 nitrogen and oxygen atoms in total. The van der Waals surface area contributed by atoms with Crippen molar-refractivity contribution in [2.24, 2.45) is 4.99 Å². The Balaban J connectivity index is 2.03. The third kappa shape index (κ3) is 5.70. The first kappa shape index (κ1) is 25.1. The molecule has 0 atom stereocenters. The Labute approximate surface area is 206 Å². The Kier molecular flexibility index (Phi) is 8.56. The first-order valence-corrected chi connectivity index (χ1v) is 11.4. The number of hydrogen-bond donors (Lipinski definition) is 1. The van der Waals surface area contributed by atoms with Gasteiger partial charge in [-0.3, -0.25) is 4.79 Å². The summed E-state index contributed by atoms with van der Waals surface area (Å²) >= 11 is 7.34. The number of carbonyl (C=O) groups is 2. The van der Waals surface area contributed by atoms with Crippen LogP contribution in [-0.2, 0) is 9.53 Å². The van der Waals surface area contributed by atoms with E-state index >= 15 is 0 Å². The highest BCUT2D eigenvalue weighted by Gasteiger charge is 2.34. The minimum atomic E-state index is -0.778. The number of hydrogen-bond acceptors (Lipinski definition) is 7. The lowest BCUT2D eigenvalue weighted by molar-refractivity contribution is -0.138. The number of ether oxygens (including phenoxy) is 3. The molecule has 0 bridgehead atoms. The maximum absolute atomic E-state index is 12.6. The van der Waals surface area contributed by atoms with Crippen molar-refractivity contribution in [2.75, 3.05) is 20.3 Å². The van der Waals surface area contributed by atoms with Crippen LogP contribution in [-0.4, -0.2) is 42.4 Å². The lowest BCUT2D eigenvalue weighted by Crippen LogP contribution is -2.14. The number of rotatable bonds is 8. The molecule has 0 aromatic heterocycles. The molecule has 2 aromatic carbocycles. The van der Waals surface area contributed by atoms with Gasteiger partial charge in [-0.2, -0.15) is 0 Å². The SMILES string of the molecule is C=CCOc1c(Cl)cc(/C=C2\SC(=NC(=O)c3ccccc3)C(C(=O)OCC)=C2O)cc1OC. The van der Waals surface area contributed by atoms with E-state index in [1.165, 1.54) is 7.11 Å². The van der Waals surface area contributed by atoms with Gasteiger partial charge in [0.05, 0.1) is 23.6 Å². The van der Waals surface area contributed by atoms with Gasteiger partial charge in [0.1, 0.15) is 23.0 Å². The molecule has 1 heterocycles. The summed E-state index contributed by atoms with van der Waals surface area (Å²) in [6, 6.07) is 11.7. The minimum absolute atomic E-state index is 0.0417. The van der Waals surface area contributed by atoms with Crippen LogP contribution in [0.1, 0.15) is 22.8 Å². The second-order valence-corrected chi connectivity index (χ2v) is 8.21. The zero-order valence-corrected chi connectivity index (χ0v) is 20.1. The predicted molar refractivity (Wildman–Crippen MR) is 134 cm³/mol. The zero-order chi connectivity index (χ0) is 24.7. The summed E-state index contributed by atoms with van der Waals surface area (Å²) in [7, 11) is 1.48. The Morgan fingerprint density at radius 3 is 2.62 bits per heavy atom. The van der Waals surface area contributed by atoms with Crippen molar-refractivity contribution in [3.8, 4) is 11.5 Å². The highest BCUT2D eigenvalue weighted by Crippen LogP contribution is 2.42. The topological polar surface area (TPSA) is 94.4 Å². The van der Waals surface area contributed by atoms with E-state index in [9.17, 15) is 14.7 Å². The molecular weight excluding hydrogens is 478 g/mol. The smallest absolute Gasteiger partial charge is 0.344 e. The first-order valence-electron chi connectivity index (χ1n) is 10.2. The Bertz CT molecular complexity index is 1200. The van der Waals surface area contributed by atoms with E-state index in [0.717, 1.165) is 11.8 Å². The number of amides is 1. The Morgan fingerprint density at radius 2 is 1.97 bits per heavy atom. The maximum atomic E-state index is 12.6. The van der Waals surface area contributed by atoms with Gasteiger partial charge < -0.3 is 19.3 Å². The number of aliphatic hydroxyl groups is 1. The number of thioether (sulfide) groups is 1. The molecule has 0 fully saturated rings. The quantitative estimate of drug-likeness (QED) is 0.372. The molecule has 34 heavy (non-hydrogen) atoms. The van der Waals surface area contributed by atoms with Crippen LogP contribution in [0.25, 0.3) is 6.08 Å². The molecule has 0 unspecified atom stereocenters. The number of carbonyl (C=O) groups excluding carboxylic acids is 2. The zero-order valence-electron chi connectivity index (χ0n) is 18.5. The number of aliphatic imine (C=N–C) groups is 1. The molecule has 0 spiro atoms. The van der Waals surface area contributed by atoms with E-state index in [2.05, 4.69) is 11.6 Å². The minimum Gasteiger partial charge on any atom is -0.506 e. The van der Waals surface area contributed by atoms with Crippen LogP contribution in [0.15, 0.2) is 76.3 Å². The molecular formula is C25H22ClNO6S. The molecule has 9 heteroatoms. The van der Waals surface area contributed by atoms with Gasteiger partial charge in [0.25, 0.3) is 5.91 Å². The van der Waals surface area contributed by atoms with Crippen LogP contribution in [0.3, 0.4) is 0 Å². The summed E-state index contributed by atoms with van der Waals surface area (Å²) in [4.78, 5) is 29.5. The number of methoxy groups -OCH3 is 1. The summed E-state index contributed by atoms with van der Waals surface area (Å²) < 4.78 is 16.0. The summed E-state index contributed by atoms with van der Waals surface area (Å²) in [6.07, 6.45) is 3.18. The fourth-order valence-corrected chi connectivity index (χ4v) is 4.27. The largest absolute Gasteiger partial charge is 0.506 e. The van der Waals surface area contributed by atoms with Gasteiger partial charge >= 0.3 is 5.97 Å². The van der Waals surface area contributed by atoms with Crippen LogP contribution in [0.2, 0.25) is 5.02 Å². The maximum Gasteiger partial charge on any atom is 0.344 e. The third-order valence-electron chi connectivity index (χ3n) is 4.49. The van der Waals surface area contributed by atoms with E-state index in [-0.39, 0.29) is 29.6 Å². The van der Waals surface area contributed by atoms with Gasteiger partial charge in [-0.05, 0) is 42.8 Å². The predicted octanol–water partition coefficient (Wildman–Crippen LogP) is 5.62. The van der Waals surface area contributed by atoms with Gasteiger partial charge in [0.2, 0.25) is 0 Å². The molecule has 176 valence electrons. The fraction of sp³-hybridized carbons (Fsp3) is 0.160. The second kappa shape index (κ2) is 11.6. The standard InChI is InChI=1S/C25H22ClNO6S/c1-4-11-33-22-17(26)12-15(13-18(22)31-3)14-19-21(28)20(25(30)32-5-2)24(34-19)27-23(29)16-9-7-6-8-10-16/h4,6-10,12-14,28H,1,5,11H2,2-3H3/b19-14-,27-24?. The molecule has 0 saturated heterocycles. The van der Waals surface area contributed by atoms with Crippen molar-refractivity contribution in [1.82, 2.24) is 0 Å². The summed E-state index contributed by atoms with van der Waals surface area (Å²) in [5.74, 6) is -0.934. The number of halogens is 1. The normalized spacial score (nSPS) is 15.5. The fourth-order valence-electron chi connectivity index (χ4n) is 2.99. The lowest BCUT2D eigenvalue weighted by atomic mass is 10.1. The van der Waals surface area contributed by atoms with Gasteiger partial charge in [-0.25, -0.2) is 9.79 Å². The second-order valence-electron chi connectivity index (χ2n) is 6.78. The van der Waals surface area contributed by atoms with Crippen molar-refractivity contribution in [3.05, 3.63) is 87.5 Å². The van der Waals surface area contributed by atoms with Crippen LogP contribution in [0, 0.1) is 0 Å². The van der Waals surface area contributed by atoms with Gasteiger partial charge in [-0.1, -0.05) is 54.2 Å². The van der Waals surface area contributed by atoms with E-state index in [1.807, 2.05) is 0 Å². The van der Waals surface area contributed by atoms with Crippen molar-refractivity contribution in [2.45, 2.75) is 6.92 Å². The molecule has 1 amide bonds. The highest BCUT2D eigenvalue weighted by atomic mass is 35.5. The lowest BCUT2D eigenvalue weighted by Gasteiger charge is -2.12. The molecule has 0 aliphatic carbocycles. The Hall–Kier alpha value is -3.49. The van der Waals surface area contributed by atoms with Crippen molar-refractivity contribution in [1.29, 1.82) is 0 Å². The first-order chi connectivity index (χ1) is 16.4. The average molecular weight is 500 g/mol. The molecule has 0 saturated carbocycles. The van der Waals surface area contributed by atoms with Gasteiger partial charge in [0, 0.05) is 5.56 Å². The molecule has 0 radical (unpaired) electrons. The van der Waals surface area contributed by atoms with Crippen molar-refractivity contribution < 1.29 is 28.9 Å². The van der Waals surface area contributed by atoms with Crippen LogP contribution >= 0.6 is 23.4 Å². The van der Waals surface area contributed by atoms with Crippen molar-refractivity contribution in [3.63, 3.8) is 0 Å². The molecule has 3 rings (SSSR count). The number of aliphatic hydroxyl groups excluding tert-OH is 1. The monoisotopic (exact) mass is 499 g/mol. The summed E-state index contributed by atoms with van der Waals surface area (Å²) in [6.45, 7) is 5.59. The molecule has 2 aromatic rings. The number of benzene rings is 2. The highest BCUT2D eigenvalue weighted by molar-refractivity contribution is 8.18. The molecule has 1 N–H and O–H groups in total. The number of nitrogens with zero attached hydrogens (tertiary/aromatic N) is 1. The average Bonchev–Trinajstić information content (AvgIpc) is 3.13.